The first kappa shape index (κ1) is 18.9. The lowest BCUT2D eigenvalue weighted by molar-refractivity contribution is -0.146. The van der Waals surface area contributed by atoms with Crippen LogP contribution in [0.2, 0.25) is 0 Å². The maximum absolute atomic E-state index is 11.7. The van der Waals surface area contributed by atoms with Gasteiger partial charge >= 0.3 is 5.97 Å². The quantitative estimate of drug-likeness (QED) is 0.820. The van der Waals surface area contributed by atoms with Crippen LogP contribution >= 0.6 is 12.4 Å². The topological polar surface area (TPSA) is 47.6 Å². The van der Waals surface area contributed by atoms with Crippen molar-refractivity contribution < 1.29 is 14.3 Å². The average molecular weight is 302 g/mol. The van der Waals surface area contributed by atoms with Crippen LogP contribution in [0.5, 0.6) is 0 Å². The number of methoxy groups -OCH3 is 1. The zero-order valence-corrected chi connectivity index (χ0v) is 13.3. The maximum Gasteiger partial charge on any atom is 0.325 e. The van der Waals surface area contributed by atoms with Crippen LogP contribution in [0.15, 0.2) is 30.3 Å². The van der Waals surface area contributed by atoms with Crippen molar-refractivity contribution >= 4 is 18.4 Å². The molecule has 0 amide bonds. The molecule has 0 spiro atoms. The van der Waals surface area contributed by atoms with Crippen LogP contribution in [0.3, 0.4) is 0 Å². The number of halogens is 1. The highest BCUT2D eigenvalue weighted by atomic mass is 35.5. The molecule has 0 radical (unpaired) electrons. The van der Waals surface area contributed by atoms with Crippen molar-refractivity contribution in [2.24, 2.45) is 0 Å². The summed E-state index contributed by atoms with van der Waals surface area (Å²) < 4.78 is 10.4. The summed E-state index contributed by atoms with van der Waals surface area (Å²) in [6, 6.07) is 9.46. The second-order valence-corrected chi connectivity index (χ2v) is 5.37. The van der Waals surface area contributed by atoms with Crippen LogP contribution < -0.4 is 5.32 Å². The Morgan fingerprint density at radius 2 is 1.85 bits per heavy atom. The Balaban J connectivity index is 0.00000361. The van der Waals surface area contributed by atoms with Crippen molar-refractivity contribution in [1.82, 2.24) is 5.32 Å². The van der Waals surface area contributed by atoms with Gasteiger partial charge in [-0.2, -0.15) is 0 Å². The minimum Gasteiger partial charge on any atom is -0.468 e. The summed E-state index contributed by atoms with van der Waals surface area (Å²) in [6.45, 7) is 6.77. The van der Waals surface area contributed by atoms with Crippen molar-refractivity contribution in [2.75, 3.05) is 13.7 Å². The normalized spacial score (nSPS) is 12.4. The lowest BCUT2D eigenvalue weighted by Gasteiger charge is -2.24. The standard InChI is InChI=1S/C15H23NO3.ClH/c1-15(2,3)19-11-13(14(17)18-4)16-10-12-8-6-5-7-9-12;/h5-9,13,16H,10-11H2,1-4H3;1H. The number of benzene rings is 1. The molecule has 0 bridgehead atoms. The molecular weight excluding hydrogens is 278 g/mol. The number of carbonyl (C=O) groups is 1. The molecule has 0 heterocycles. The highest BCUT2D eigenvalue weighted by Crippen LogP contribution is 2.08. The van der Waals surface area contributed by atoms with E-state index in [4.69, 9.17) is 9.47 Å². The highest BCUT2D eigenvalue weighted by molar-refractivity contribution is 5.85. The first-order chi connectivity index (χ1) is 8.92. The van der Waals surface area contributed by atoms with Gasteiger partial charge in [-0.05, 0) is 26.3 Å². The van der Waals surface area contributed by atoms with Crippen molar-refractivity contribution in [3.63, 3.8) is 0 Å². The van der Waals surface area contributed by atoms with Gasteiger partial charge in [0, 0.05) is 6.54 Å². The molecule has 1 atom stereocenters. The third-order valence-corrected chi connectivity index (χ3v) is 2.56. The third kappa shape index (κ3) is 7.48. The van der Waals surface area contributed by atoms with Crippen LogP contribution in [0.4, 0.5) is 0 Å². The number of carbonyl (C=O) groups excluding carboxylic acids is 1. The first-order valence-electron chi connectivity index (χ1n) is 6.41. The van der Waals surface area contributed by atoms with E-state index in [1.54, 1.807) is 0 Å². The van der Waals surface area contributed by atoms with Crippen molar-refractivity contribution in [3.05, 3.63) is 35.9 Å². The minimum absolute atomic E-state index is 0. The summed E-state index contributed by atoms with van der Waals surface area (Å²) in [7, 11) is 1.39. The summed E-state index contributed by atoms with van der Waals surface area (Å²) in [4.78, 5) is 11.7. The molecule has 1 unspecified atom stereocenters. The summed E-state index contributed by atoms with van der Waals surface area (Å²) in [6.07, 6.45) is 0. The lowest BCUT2D eigenvalue weighted by atomic mass is 10.2. The largest absolute Gasteiger partial charge is 0.468 e. The Morgan fingerprint density at radius 3 is 2.35 bits per heavy atom. The number of hydrogen-bond acceptors (Lipinski definition) is 4. The molecule has 0 saturated heterocycles. The van der Waals surface area contributed by atoms with E-state index in [9.17, 15) is 4.79 Å². The zero-order chi connectivity index (χ0) is 14.3. The summed E-state index contributed by atoms with van der Waals surface area (Å²) in [5.41, 5.74) is 0.841. The molecule has 1 rings (SSSR count). The first-order valence-corrected chi connectivity index (χ1v) is 6.41. The maximum atomic E-state index is 11.7. The third-order valence-electron chi connectivity index (χ3n) is 2.56. The molecule has 1 aromatic carbocycles. The van der Waals surface area contributed by atoms with Gasteiger partial charge in [0.1, 0.15) is 6.04 Å². The summed E-state index contributed by atoms with van der Waals surface area (Å²) in [5.74, 6) is -0.305. The second-order valence-electron chi connectivity index (χ2n) is 5.37. The van der Waals surface area contributed by atoms with Gasteiger partial charge in [0.15, 0.2) is 0 Å². The Hall–Kier alpha value is -1.10. The fraction of sp³-hybridized carbons (Fsp3) is 0.533. The molecule has 0 aliphatic rings. The molecule has 1 aromatic rings. The lowest BCUT2D eigenvalue weighted by Crippen LogP contribution is -2.42. The highest BCUT2D eigenvalue weighted by Gasteiger charge is 2.22. The van der Waals surface area contributed by atoms with Gasteiger partial charge in [-0.1, -0.05) is 30.3 Å². The molecule has 20 heavy (non-hydrogen) atoms. The van der Waals surface area contributed by atoms with Crippen molar-refractivity contribution in [3.8, 4) is 0 Å². The predicted molar refractivity (Wildman–Crippen MR) is 82.0 cm³/mol. The molecule has 4 nitrogen and oxygen atoms in total. The number of nitrogens with one attached hydrogen (secondary N) is 1. The van der Waals surface area contributed by atoms with Gasteiger partial charge in [0.2, 0.25) is 0 Å². The molecule has 0 fully saturated rings. The molecule has 1 N–H and O–H groups in total. The molecule has 114 valence electrons. The Bertz CT molecular complexity index is 390. The SMILES string of the molecule is COC(=O)C(COC(C)(C)C)NCc1ccccc1.Cl. The van der Waals surface area contributed by atoms with E-state index in [-0.39, 0.29) is 24.0 Å². The molecule has 0 saturated carbocycles. The van der Waals surface area contributed by atoms with Gasteiger partial charge in [-0.25, -0.2) is 0 Å². The second kappa shape index (κ2) is 8.95. The van der Waals surface area contributed by atoms with E-state index in [1.165, 1.54) is 7.11 Å². The average Bonchev–Trinajstić information content (AvgIpc) is 2.38. The Morgan fingerprint density at radius 1 is 1.25 bits per heavy atom. The van der Waals surface area contributed by atoms with Crippen LogP contribution in [0, 0.1) is 0 Å². The van der Waals surface area contributed by atoms with Crippen LogP contribution in [0.25, 0.3) is 0 Å². The van der Waals surface area contributed by atoms with Gasteiger partial charge in [-0.3, -0.25) is 10.1 Å². The van der Waals surface area contributed by atoms with E-state index >= 15 is 0 Å². The molecule has 0 aromatic heterocycles. The molecule has 0 aliphatic carbocycles. The predicted octanol–water partition coefficient (Wildman–Crippen LogP) is 2.55. The zero-order valence-electron chi connectivity index (χ0n) is 12.5. The van der Waals surface area contributed by atoms with E-state index in [0.717, 1.165) is 5.56 Å². The van der Waals surface area contributed by atoms with Gasteiger partial charge in [0.25, 0.3) is 0 Å². The van der Waals surface area contributed by atoms with E-state index in [0.29, 0.717) is 13.2 Å². The number of hydrogen-bond donors (Lipinski definition) is 1. The summed E-state index contributed by atoms with van der Waals surface area (Å²) in [5, 5.41) is 3.16. The smallest absolute Gasteiger partial charge is 0.325 e. The van der Waals surface area contributed by atoms with Gasteiger partial charge < -0.3 is 9.47 Å². The van der Waals surface area contributed by atoms with Crippen molar-refractivity contribution in [1.29, 1.82) is 0 Å². The van der Waals surface area contributed by atoms with Crippen LogP contribution in [0.1, 0.15) is 26.3 Å². The van der Waals surface area contributed by atoms with Crippen molar-refractivity contribution in [2.45, 2.75) is 39.0 Å². The van der Waals surface area contributed by atoms with E-state index < -0.39 is 6.04 Å². The van der Waals surface area contributed by atoms with Crippen LogP contribution in [-0.2, 0) is 20.8 Å². The van der Waals surface area contributed by atoms with Gasteiger partial charge in [0.05, 0.1) is 19.3 Å². The number of ether oxygens (including phenoxy) is 2. The van der Waals surface area contributed by atoms with E-state index in [1.807, 2.05) is 51.1 Å². The van der Waals surface area contributed by atoms with E-state index in [2.05, 4.69) is 5.32 Å². The molecule has 0 aliphatic heterocycles. The Labute approximate surface area is 127 Å². The fourth-order valence-electron chi connectivity index (χ4n) is 1.52. The monoisotopic (exact) mass is 301 g/mol. The minimum atomic E-state index is -0.454. The van der Waals surface area contributed by atoms with Crippen LogP contribution in [-0.4, -0.2) is 31.3 Å². The Kier molecular flexibility index (Phi) is 8.46. The van der Waals surface area contributed by atoms with Gasteiger partial charge in [-0.15, -0.1) is 12.4 Å². The molecule has 5 heteroatoms. The molecular formula is C15H24ClNO3. The summed E-state index contributed by atoms with van der Waals surface area (Å²) >= 11 is 0. The fourth-order valence-corrected chi connectivity index (χ4v) is 1.52. The number of rotatable bonds is 6. The number of esters is 1.